The Morgan fingerprint density at radius 3 is 1.00 bits per heavy atom. The van der Waals surface area contributed by atoms with E-state index in [1.165, 1.54) is 0 Å². The molecule has 44 heavy (non-hydrogen) atoms. The molecule has 0 aliphatic rings. The highest BCUT2D eigenvalue weighted by Gasteiger charge is 2.41. The number of halogens is 1. The fourth-order valence-electron chi connectivity index (χ4n) is 5.27. The summed E-state index contributed by atoms with van der Waals surface area (Å²) in [6.07, 6.45) is 0.911. The maximum atomic E-state index is 18.0. The van der Waals surface area contributed by atoms with Gasteiger partial charge in [0.15, 0.2) is 0 Å². The van der Waals surface area contributed by atoms with Gasteiger partial charge in [0.1, 0.15) is 17.2 Å². The Balaban J connectivity index is 1.45. The summed E-state index contributed by atoms with van der Waals surface area (Å²) in [7, 11) is 0. The Labute approximate surface area is 254 Å². The second-order valence-corrected chi connectivity index (χ2v) is 10.6. The van der Waals surface area contributed by atoms with E-state index in [1.54, 1.807) is 109 Å². The quantitative estimate of drug-likeness (QED) is 0.169. The summed E-state index contributed by atoms with van der Waals surface area (Å²) in [5, 5.41) is 31.0. The van der Waals surface area contributed by atoms with Crippen LogP contribution in [-0.2, 0) is 24.9 Å². The van der Waals surface area contributed by atoms with Gasteiger partial charge in [0.25, 0.3) is 0 Å². The standard InChI is InChI=1S/C37H30FN3O3/c38-37(34-19-7-13-28(39-34)22-25-10-1-4-16-31(25)42,35-20-8-14-29(40-35)23-26-11-2-5-17-32(26)43)36-21-9-15-30(41-36)24-27-12-3-6-18-33(27)44/h1-21,42-44H,22-24H2. The summed E-state index contributed by atoms with van der Waals surface area (Å²) >= 11 is 0. The minimum atomic E-state index is -2.35. The molecule has 6 nitrogen and oxygen atoms in total. The Morgan fingerprint density at radius 1 is 0.409 bits per heavy atom. The van der Waals surface area contributed by atoms with Gasteiger partial charge in [-0.1, -0.05) is 72.8 Å². The monoisotopic (exact) mass is 583 g/mol. The number of alkyl halides is 1. The maximum absolute atomic E-state index is 18.0. The van der Waals surface area contributed by atoms with E-state index in [1.807, 2.05) is 18.2 Å². The molecule has 218 valence electrons. The average molecular weight is 584 g/mol. The fourth-order valence-corrected chi connectivity index (χ4v) is 5.27. The molecule has 0 saturated carbocycles. The predicted octanol–water partition coefficient (Wildman–Crippen LogP) is 7.02. The third kappa shape index (κ3) is 5.99. The topological polar surface area (TPSA) is 99.4 Å². The van der Waals surface area contributed by atoms with Crippen LogP contribution in [0.4, 0.5) is 4.39 Å². The first-order chi connectivity index (χ1) is 21.4. The summed E-state index contributed by atoms with van der Waals surface area (Å²) in [4.78, 5) is 14.2. The lowest BCUT2D eigenvalue weighted by atomic mass is 9.90. The van der Waals surface area contributed by atoms with Crippen molar-refractivity contribution in [3.8, 4) is 17.2 Å². The highest BCUT2D eigenvalue weighted by molar-refractivity contribution is 5.43. The first kappa shape index (κ1) is 28.6. The van der Waals surface area contributed by atoms with E-state index in [9.17, 15) is 15.3 Å². The van der Waals surface area contributed by atoms with E-state index in [2.05, 4.69) is 0 Å². The van der Waals surface area contributed by atoms with E-state index >= 15 is 4.39 Å². The normalized spacial score (nSPS) is 11.4. The SMILES string of the molecule is Oc1ccccc1Cc1cccc(C(F)(c2cccc(Cc3ccccc3O)n2)c2cccc(Cc3ccccc3O)n2)n1. The van der Waals surface area contributed by atoms with Gasteiger partial charge >= 0.3 is 0 Å². The average Bonchev–Trinajstić information content (AvgIpc) is 3.04. The van der Waals surface area contributed by atoms with Gasteiger partial charge in [-0.15, -0.1) is 0 Å². The van der Waals surface area contributed by atoms with Crippen LogP contribution in [0.2, 0.25) is 0 Å². The van der Waals surface area contributed by atoms with Gasteiger partial charge in [0.05, 0.1) is 17.1 Å². The van der Waals surface area contributed by atoms with Gasteiger partial charge in [-0.3, -0.25) is 15.0 Å². The lowest BCUT2D eigenvalue weighted by Gasteiger charge is -2.25. The van der Waals surface area contributed by atoms with Crippen LogP contribution in [0.25, 0.3) is 0 Å². The Kier molecular flexibility index (Phi) is 8.02. The summed E-state index contributed by atoms with van der Waals surface area (Å²) < 4.78 is 18.0. The van der Waals surface area contributed by atoms with Crippen molar-refractivity contribution in [3.63, 3.8) is 0 Å². The van der Waals surface area contributed by atoms with E-state index in [-0.39, 0.29) is 34.3 Å². The van der Waals surface area contributed by atoms with E-state index in [0.29, 0.717) is 53.0 Å². The number of benzene rings is 3. The summed E-state index contributed by atoms with van der Waals surface area (Å²) in [6.45, 7) is 0. The molecule has 0 saturated heterocycles. The van der Waals surface area contributed by atoms with Crippen molar-refractivity contribution < 1.29 is 19.7 Å². The van der Waals surface area contributed by atoms with Gasteiger partial charge in [0, 0.05) is 36.3 Å². The largest absolute Gasteiger partial charge is 0.508 e. The van der Waals surface area contributed by atoms with Crippen LogP contribution in [0, 0.1) is 0 Å². The highest BCUT2D eigenvalue weighted by atomic mass is 19.1. The zero-order valence-electron chi connectivity index (χ0n) is 23.8. The summed E-state index contributed by atoms with van der Waals surface area (Å²) in [5.74, 6) is 0.426. The van der Waals surface area contributed by atoms with Crippen LogP contribution in [0.15, 0.2) is 127 Å². The van der Waals surface area contributed by atoms with E-state index in [4.69, 9.17) is 15.0 Å². The van der Waals surface area contributed by atoms with Crippen molar-refractivity contribution in [2.45, 2.75) is 24.9 Å². The Bertz CT molecular complexity index is 1710. The smallest absolute Gasteiger partial charge is 0.236 e. The zero-order valence-corrected chi connectivity index (χ0v) is 23.8. The molecule has 0 amide bonds. The van der Waals surface area contributed by atoms with E-state index < -0.39 is 5.67 Å². The van der Waals surface area contributed by atoms with Crippen molar-refractivity contribution in [1.29, 1.82) is 0 Å². The second kappa shape index (κ2) is 12.4. The molecule has 7 heteroatoms. The van der Waals surface area contributed by atoms with Crippen LogP contribution in [0.3, 0.4) is 0 Å². The van der Waals surface area contributed by atoms with Gasteiger partial charge in [-0.25, -0.2) is 4.39 Å². The Hall–Kier alpha value is -5.56. The van der Waals surface area contributed by atoms with Crippen molar-refractivity contribution in [3.05, 3.63) is 178 Å². The number of hydrogen-bond donors (Lipinski definition) is 3. The van der Waals surface area contributed by atoms with Crippen LogP contribution < -0.4 is 0 Å². The third-order valence-electron chi connectivity index (χ3n) is 7.57. The van der Waals surface area contributed by atoms with Crippen LogP contribution >= 0.6 is 0 Å². The molecule has 0 aliphatic carbocycles. The van der Waals surface area contributed by atoms with Crippen molar-refractivity contribution in [2.24, 2.45) is 0 Å². The first-order valence-corrected chi connectivity index (χ1v) is 14.3. The number of aromatic nitrogens is 3. The molecule has 3 aromatic carbocycles. The lowest BCUT2D eigenvalue weighted by Crippen LogP contribution is -2.28. The van der Waals surface area contributed by atoms with Gasteiger partial charge in [-0.2, -0.15) is 0 Å². The molecule has 3 heterocycles. The van der Waals surface area contributed by atoms with Crippen LogP contribution in [0.5, 0.6) is 17.2 Å². The van der Waals surface area contributed by atoms with Crippen molar-refractivity contribution in [1.82, 2.24) is 15.0 Å². The molecular formula is C37H30FN3O3. The molecule has 0 unspecified atom stereocenters. The van der Waals surface area contributed by atoms with Gasteiger partial charge < -0.3 is 15.3 Å². The summed E-state index contributed by atoms with van der Waals surface area (Å²) in [5.41, 5.74) is 1.69. The highest BCUT2D eigenvalue weighted by Crippen LogP contribution is 2.39. The molecule has 0 bridgehead atoms. The van der Waals surface area contributed by atoms with Crippen molar-refractivity contribution in [2.75, 3.05) is 0 Å². The number of hydrogen-bond acceptors (Lipinski definition) is 6. The number of rotatable bonds is 9. The van der Waals surface area contributed by atoms with E-state index in [0.717, 1.165) is 0 Å². The number of aromatic hydroxyl groups is 3. The van der Waals surface area contributed by atoms with Gasteiger partial charge in [0.2, 0.25) is 5.67 Å². The maximum Gasteiger partial charge on any atom is 0.236 e. The van der Waals surface area contributed by atoms with Crippen LogP contribution in [0.1, 0.15) is 50.9 Å². The Morgan fingerprint density at radius 2 is 0.705 bits per heavy atom. The minimum absolute atomic E-state index is 0.102. The number of para-hydroxylation sites is 3. The first-order valence-electron chi connectivity index (χ1n) is 14.3. The zero-order chi connectivity index (χ0) is 30.5. The number of phenolic OH excluding ortho intramolecular Hbond substituents is 3. The molecule has 0 aliphatic heterocycles. The molecule has 6 aromatic rings. The van der Waals surface area contributed by atoms with Gasteiger partial charge in [-0.05, 0) is 71.3 Å². The lowest BCUT2D eigenvalue weighted by molar-refractivity contribution is 0.257. The summed E-state index contributed by atoms with van der Waals surface area (Å²) in [6, 6.07) is 36.4. The molecule has 6 rings (SSSR count). The predicted molar refractivity (Wildman–Crippen MR) is 166 cm³/mol. The fraction of sp³-hybridized carbons (Fsp3) is 0.108. The minimum Gasteiger partial charge on any atom is -0.508 e. The molecule has 0 spiro atoms. The molecular weight excluding hydrogens is 553 g/mol. The molecule has 3 N–H and O–H groups in total. The van der Waals surface area contributed by atoms with Crippen molar-refractivity contribution >= 4 is 0 Å². The van der Waals surface area contributed by atoms with Crippen LogP contribution in [-0.4, -0.2) is 30.3 Å². The second-order valence-electron chi connectivity index (χ2n) is 10.6. The number of nitrogens with zero attached hydrogens (tertiary/aromatic N) is 3. The number of phenols is 3. The third-order valence-corrected chi connectivity index (χ3v) is 7.57. The molecule has 0 radical (unpaired) electrons. The molecule has 0 atom stereocenters. The molecule has 3 aromatic heterocycles. The molecule has 0 fully saturated rings. The number of pyridine rings is 3.